The largest absolute Gasteiger partial charge is 0.481 e. The fraction of sp³-hybridized carbons (Fsp3) is 0.545. The molecule has 0 spiro atoms. The van der Waals surface area contributed by atoms with Crippen LogP contribution < -0.4 is 5.73 Å². The Hall–Kier alpha value is -3.47. The molecule has 0 aliphatic rings. The first-order valence-corrected chi connectivity index (χ1v) is 5.95. The van der Waals surface area contributed by atoms with Crippen LogP contribution in [0.4, 0.5) is 0 Å². The van der Waals surface area contributed by atoms with Gasteiger partial charge in [0.15, 0.2) is 5.03 Å². The van der Waals surface area contributed by atoms with Crippen molar-refractivity contribution in [1.82, 2.24) is 5.01 Å². The Morgan fingerprint density at radius 3 is 1.20 bits per heavy atom. The lowest BCUT2D eigenvalue weighted by molar-refractivity contribution is -0.635. The van der Waals surface area contributed by atoms with Gasteiger partial charge in [-0.05, 0) is 5.01 Å². The molecule has 0 atom stereocenters. The van der Waals surface area contributed by atoms with E-state index in [-0.39, 0.29) is 13.1 Å². The number of rotatable bonds is 3. The maximum absolute atomic E-state index is 9.77. The van der Waals surface area contributed by atoms with Crippen LogP contribution in [0, 0.1) is 21.6 Å². The standard InChI is InChI=1S/C3H6N4O2.4C2H4O2/c4-1-2-6(3-5)7(8)9;4*1-2(3)4/h1-2,4H2;4*1H3,(H,3,4). The molecule has 146 valence electrons. The Kier molecular flexibility index (Phi) is 33.9. The van der Waals surface area contributed by atoms with Crippen molar-refractivity contribution in [2.24, 2.45) is 5.73 Å². The van der Waals surface area contributed by atoms with E-state index >= 15 is 0 Å². The van der Waals surface area contributed by atoms with Crippen LogP contribution in [0.3, 0.4) is 0 Å². The number of hydrogen-bond acceptors (Lipinski definition) is 8. The summed E-state index contributed by atoms with van der Waals surface area (Å²) in [7, 11) is 0. The summed E-state index contributed by atoms with van der Waals surface area (Å²) in [6.45, 7) is 4.40. The second-order valence-corrected chi connectivity index (χ2v) is 3.33. The molecule has 6 N–H and O–H groups in total. The van der Waals surface area contributed by atoms with Crippen LogP contribution in [0.15, 0.2) is 0 Å². The molecule has 0 unspecified atom stereocenters. The highest BCUT2D eigenvalue weighted by molar-refractivity contribution is 5.63. The quantitative estimate of drug-likeness (QED) is 0.178. The van der Waals surface area contributed by atoms with Crippen LogP contribution in [0.5, 0.6) is 0 Å². The average Bonchev–Trinajstić information content (AvgIpc) is 2.32. The highest BCUT2D eigenvalue weighted by atomic mass is 16.7. The first kappa shape index (κ1) is 33.2. The Morgan fingerprint density at radius 1 is 0.960 bits per heavy atom. The lowest BCUT2D eigenvalue weighted by atomic mass is 10.6. The topological polar surface area (TPSA) is 245 Å². The molecule has 0 fully saturated rings. The summed E-state index contributed by atoms with van der Waals surface area (Å²) in [6, 6.07) is 0. The maximum atomic E-state index is 9.77. The predicted octanol–water partition coefficient (Wildman–Crippen LogP) is -0.717. The number of carboxylic acids is 4. The molecule has 0 aromatic heterocycles. The zero-order valence-corrected chi connectivity index (χ0v) is 14.1. The molecule has 14 heteroatoms. The number of carboxylic acid groups (broad SMARTS) is 4. The molecule has 0 bridgehead atoms. The summed E-state index contributed by atoms with van der Waals surface area (Å²) in [4.78, 5) is 45.8. The van der Waals surface area contributed by atoms with Crippen LogP contribution >= 0.6 is 0 Å². The minimum atomic E-state index is -0.833. The van der Waals surface area contributed by atoms with E-state index in [0.717, 1.165) is 27.7 Å². The normalized spacial score (nSPS) is 6.88. The monoisotopic (exact) mass is 370 g/mol. The van der Waals surface area contributed by atoms with Gasteiger partial charge in [0.05, 0.1) is 0 Å². The predicted molar refractivity (Wildman–Crippen MR) is 81.6 cm³/mol. The lowest BCUT2D eigenvalue weighted by Crippen LogP contribution is -2.30. The van der Waals surface area contributed by atoms with Crippen LogP contribution in [-0.2, 0) is 19.2 Å². The SMILES string of the molecule is CC(=O)O.CC(=O)O.CC(=O)O.CC(=O)O.N#CN(CCN)[N+](=O)[O-]. The Morgan fingerprint density at radius 2 is 1.16 bits per heavy atom. The molecule has 0 rings (SSSR count). The van der Waals surface area contributed by atoms with Gasteiger partial charge in [0, 0.05) is 34.2 Å². The van der Waals surface area contributed by atoms with Crippen LogP contribution in [0.1, 0.15) is 27.7 Å². The van der Waals surface area contributed by atoms with Gasteiger partial charge in [-0.25, -0.2) is 10.1 Å². The maximum Gasteiger partial charge on any atom is 0.300 e. The molecule has 0 heterocycles. The van der Waals surface area contributed by atoms with Crippen LogP contribution in [-0.4, -0.2) is 67.4 Å². The van der Waals surface area contributed by atoms with Gasteiger partial charge >= 0.3 is 0 Å². The van der Waals surface area contributed by atoms with Gasteiger partial charge < -0.3 is 26.2 Å². The molecule has 0 saturated carbocycles. The Balaban J connectivity index is -0.0000000714. The third kappa shape index (κ3) is 231. The molecule has 14 nitrogen and oxygen atoms in total. The van der Waals surface area contributed by atoms with Gasteiger partial charge in [-0.1, -0.05) is 0 Å². The smallest absolute Gasteiger partial charge is 0.300 e. The number of hydrogen-bond donors (Lipinski definition) is 5. The summed E-state index contributed by atoms with van der Waals surface area (Å²) < 4.78 is 0. The molecular formula is C11H22N4O10. The lowest BCUT2D eigenvalue weighted by Gasteiger charge is -1.99. The molecule has 0 saturated heterocycles. The summed E-state index contributed by atoms with van der Waals surface area (Å²) in [5.41, 5.74) is 4.95. The number of carbonyl (C=O) groups is 4. The van der Waals surface area contributed by atoms with E-state index in [0.29, 0.717) is 5.01 Å². The van der Waals surface area contributed by atoms with Gasteiger partial charge in [0.1, 0.15) is 6.54 Å². The van der Waals surface area contributed by atoms with E-state index in [1.807, 2.05) is 0 Å². The summed E-state index contributed by atoms with van der Waals surface area (Å²) in [5.74, 6) is -3.33. The molecule has 25 heavy (non-hydrogen) atoms. The minimum absolute atomic E-state index is 0.0382. The number of aliphatic carboxylic acids is 4. The molecule has 0 amide bonds. The van der Waals surface area contributed by atoms with Crippen LogP contribution in [0.25, 0.3) is 0 Å². The van der Waals surface area contributed by atoms with Crippen molar-refractivity contribution in [2.45, 2.75) is 27.7 Å². The highest BCUT2D eigenvalue weighted by Crippen LogP contribution is 1.80. The molecule has 0 aliphatic heterocycles. The molecule has 0 aromatic rings. The van der Waals surface area contributed by atoms with Crippen molar-refractivity contribution in [3.8, 4) is 6.19 Å². The minimum Gasteiger partial charge on any atom is -0.481 e. The van der Waals surface area contributed by atoms with Crippen molar-refractivity contribution < 1.29 is 44.6 Å². The third-order valence-corrected chi connectivity index (χ3v) is 0.653. The summed E-state index contributed by atoms with van der Waals surface area (Å²) in [5, 5.41) is 47.0. The zero-order chi connectivity index (χ0) is 21.6. The summed E-state index contributed by atoms with van der Waals surface area (Å²) in [6.07, 6.45) is 1.36. The molecule has 0 radical (unpaired) electrons. The second kappa shape index (κ2) is 25.5. The number of nitrogens with two attached hydrogens (primary N) is 1. The van der Waals surface area contributed by atoms with Gasteiger partial charge in [-0.2, -0.15) is 5.26 Å². The summed E-state index contributed by atoms with van der Waals surface area (Å²) >= 11 is 0. The van der Waals surface area contributed by atoms with E-state index in [1.54, 1.807) is 0 Å². The van der Waals surface area contributed by atoms with Crippen LogP contribution in [0.2, 0.25) is 0 Å². The van der Waals surface area contributed by atoms with E-state index in [9.17, 15) is 10.1 Å². The van der Waals surface area contributed by atoms with Gasteiger partial charge in [0.2, 0.25) is 6.19 Å². The third-order valence-electron chi connectivity index (χ3n) is 0.653. The number of hydrazine groups is 1. The van der Waals surface area contributed by atoms with Gasteiger partial charge in [0.25, 0.3) is 23.9 Å². The van der Waals surface area contributed by atoms with Gasteiger partial charge in [-0.3, -0.25) is 19.2 Å². The zero-order valence-electron chi connectivity index (χ0n) is 14.1. The Bertz CT molecular complexity index is 383. The second-order valence-electron chi connectivity index (χ2n) is 3.33. The average molecular weight is 370 g/mol. The first-order chi connectivity index (χ1) is 11.1. The highest BCUT2D eigenvalue weighted by Gasteiger charge is 2.09. The van der Waals surface area contributed by atoms with E-state index in [2.05, 4.69) is 0 Å². The number of nitrogens with zero attached hydrogens (tertiary/aromatic N) is 3. The van der Waals surface area contributed by atoms with Crippen molar-refractivity contribution in [3.05, 3.63) is 10.1 Å². The molecule has 0 aromatic carbocycles. The van der Waals surface area contributed by atoms with Crippen molar-refractivity contribution >= 4 is 23.9 Å². The molecule has 0 aliphatic carbocycles. The van der Waals surface area contributed by atoms with E-state index in [4.69, 9.17) is 50.6 Å². The Labute approximate surface area is 142 Å². The van der Waals surface area contributed by atoms with Crippen molar-refractivity contribution in [2.75, 3.05) is 13.1 Å². The fourth-order valence-electron chi connectivity index (χ4n) is 0.290. The van der Waals surface area contributed by atoms with Crippen molar-refractivity contribution in [1.29, 1.82) is 5.26 Å². The fourth-order valence-corrected chi connectivity index (χ4v) is 0.290. The van der Waals surface area contributed by atoms with Crippen molar-refractivity contribution in [3.63, 3.8) is 0 Å². The molecular weight excluding hydrogens is 348 g/mol. The number of nitriles is 1. The van der Waals surface area contributed by atoms with Gasteiger partial charge in [-0.15, -0.1) is 0 Å². The first-order valence-electron chi connectivity index (χ1n) is 5.95. The van der Waals surface area contributed by atoms with E-state index < -0.39 is 28.9 Å². The van der Waals surface area contributed by atoms with E-state index in [1.165, 1.54) is 6.19 Å². The number of nitro groups is 1.